The van der Waals surface area contributed by atoms with Gasteiger partial charge in [0.1, 0.15) is 5.75 Å². The lowest BCUT2D eigenvalue weighted by molar-refractivity contribution is -0.124. The standard InChI is InChI=1S/C17H19N3O3S/c1-23-14-4-2-3-12(9-14)5-7-18-16(22)13-10-20-15(21)6-8-19-17(20)24-11-13/h2-4,6,8-9,13H,5,7,10-11H2,1H3,(H,18,22). The summed E-state index contributed by atoms with van der Waals surface area (Å²) in [5.41, 5.74) is 1.000. The van der Waals surface area contributed by atoms with Crippen molar-refractivity contribution in [3.63, 3.8) is 0 Å². The van der Waals surface area contributed by atoms with Gasteiger partial charge in [0.05, 0.1) is 13.0 Å². The third-order valence-electron chi connectivity index (χ3n) is 3.93. The van der Waals surface area contributed by atoms with Gasteiger partial charge in [-0.05, 0) is 24.1 Å². The fourth-order valence-corrected chi connectivity index (χ4v) is 3.67. The molecule has 6 nitrogen and oxygen atoms in total. The van der Waals surface area contributed by atoms with Gasteiger partial charge < -0.3 is 10.1 Å². The summed E-state index contributed by atoms with van der Waals surface area (Å²) >= 11 is 1.45. The van der Waals surface area contributed by atoms with E-state index < -0.39 is 0 Å². The van der Waals surface area contributed by atoms with Crippen LogP contribution < -0.4 is 15.6 Å². The highest BCUT2D eigenvalue weighted by atomic mass is 32.2. The van der Waals surface area contributed by atoms with E-state index in [1.807, 2.05) is 24.3 Å². The van der Waals surface area contributed by atoms with Crippen LogP contribution in [-0.4, -0.2) is 34.9 Å². The number of fused-ring (bicyclic) bond motifs is 1. The van der Waals surface area contributed by atoms with Crippen molar-refractivity contribution >= 4 is 17.7 Å². The van der Waals surface area contributed by atoms with Gasteiger partial charge in [-0.15, -0.1) is 0 Å². The fourth-order valence-electron chi connectivity index (χ4n) is 2.61. The largest absolute Gasteiger partial charge is 0.497 e. The van der Waals surface area contributed by atoms with Gasteiger partial charge in [-0.2, -0.15) is 0 Å². The first-order valence-electron chi connectivity index (χ1n) is 7.76. The molecule has 0 aliphatic carbocycles. The summed E-state index contributed by atoms with van der Waals surface area (Å²) < 4.78 is 6.76. The number of aromatic nitrogens is 2. The fraction of sp³-hybridized carbons (Fsp3) is 0.353. The lowest BCUT2D eigenvalue weighted by Gasteiger charge is -2.23. The molecule has 0 bridgehead atoms. The van der Waals surface area contributed by atoms with E-state index in [4.69, 9.17) is 4.74 Å². The van der Waals surface area contributed by atoms with Crippen LogP contribution in [0.5, 0.6) is 5.75 Å². The van der Waals surface area contributed by atoms with Crippen molar-refractivity contribution in [2.45, 2.75) is 18.1 Å². The van der Waals surface area contributed by atoms with Gasteiger partial charge in [0.2, 0.25) is 5.91 Å². The molecule has 1 unspecified atom stereocenters. The van der Waals surface area contributed by atoms with Crippen molar-refractivity contribution in [3.8, 4) is 5.75 Å². The Balaban J connectivity index is 1.54. The molecular formula is C17H19N3O3S. The SMILES string of the molecule is COc1cccc(CCNC(=O)C2CSc3nccc(=O)n3C2)c1. The van der Waals surface area contributed by atoms with Crippen molar-refractivity contribution in [2.24, 2.45) is 5.92 Å². The van der Waals surface area contributed by atoms with Crippen LogP contribution in [-0.2, 0) is 17.8 Å². The predicted octanol–water partition coefficient (Wildman–Crippen LogP) is 1.33. The van der Waals surface area contributed by atoms with Gasteiger partial charge in [0.15, 0.2) is 5.16 Å². The molecule has 24 heavy (non-hydrogen) atoms. The molecule has 0 fully saturated rings. The predicted molar refractivity (Wildman–Crippen MR) is 92.4 cm³/mol. The van der Waals surface area contributed by atoms with Crippen LogP contribution in [0, 0.1) is 5.92 Å². The molecule has 1 aliphatic rings. The van der Waals surface area contributed by atoms with Crippen molar-refractivity contribution < 1.29 is 9.53 Å². The molecule has 1 aromatic heterocycles. The van der Waals surface area contributed by atoms with Gasteiger partial charge in [-0.1, -0.05) is 23.9 Å². The zero-order chi connectivity index (χ0) is 16.9. The Bertz CT molecular complexity index is 791. The number of hydrogen-bond donors (Lipinski definition) is 1. The van der Waals surface area contributed by atoms with E-state index in [0.29, 0.717) is 24.0 Å². The molecule has 1 atom stereocenters. The Morgan fingerprint density at radius 2 is 2.33 bits per heavy atom. The third-order valence-corrected chi connectivity index (χ3v) is 5.09. The minimum atomic E-state index is -0.213. The van der Waals surface area contributed by atoms with E-state index >= 15 is 0 Å². The van der Waals surface area contributed by atoms with E-state index in [2.05, 4.69) is 10.3 Å². The first kappa shape index (κ1) is 16.6. The monoisotopic (exact) mass is 345 g/mol. The average molecular weight is 345 g/mol. The minimum absolute atomic E-state index is 0.0215. The van der Waals surface area contributed by atoms with Crippen LogP contribution in [0.25, 0.3) is 0 Å². The van der Waals surface area contributed by atoms with Crippen molar-refractivity contribution in [1.29, 1.82) is 0 Å². The number of rotatable bonds is 5. The summed E-state index contributed by atoms with van der Waals surface area (Å²) in [7, 11) is 1.64. The third kappa shape index (κ3) is 3.79. The summed E-state index contributed by atoms with van der Waals surface area (Å²) in [4.78, 5) is 28.4. The van der Waals surface area contributed by atoms with Crippen LogP contribution in [0.3, 0.4) is 0 Å². The number of amides is 1. The van der Waals surface area contributed by atoms with Gasteiger partial charge in [-0.3, -0.25) is 14.2 Å². The number of nitrogens with one attached hydrogen (secondary N) is 1. The molecular weight excluding hydrogens is 326 g/mol. The van der Waals surface area contributed by atoms with E-state index in [0.717, 1.165) is 17.7 Å². The van der Waals surface area contributed by atoms with Crippen LogP contribution in [0.15, 0.2) is 46.5 Å². The van der Waals surface area contributed by atoms with E-state index in [1.54, 1.807) is 11.7 Å². The second-order valence-electron chi connectivity index (χ2n) is 5.58. The van der Waals surface area contributed by atoms with Gasteiger partial charge in [0, 0.05) is 31.1 Å². The second kappa shape index (κ2) is 7.53. The minimum Gasteiger partial charge on any atom is -0.497 e. The quantitative estimate of drug-likeness (QED) is 0.828. The molecule has 1 aromatic carbocycles. The Morgan fingerprint density at radius 1 is 1.46 bits per heavy atom. The topological polar surface area (TPSA) is 73.2 Å². The Hall–Kier alpha value is -2.28. The number of carbonyl (C=O) groups excluding carboxylic acids is 1. The van der Waals surface area contributed by atoms with Crippen molar-refractivity contribution in [3.05, 3.63) is 52.4 Å². The number of hydrogen-bond acceptors (Lipinski definition) is 5. The molecule has 0 spiro atoms. The number of carbonyl (C=O) groups is 1. The Kier molecular flexibility index (Phi) is 5.20. The maximum absolute atomic E-state index is 12.3. The van der Waals surface area contributed by atoms with Crippen LogP contribution in [0.1, 0.15) is 5.56 Å². The van der Waals surface area contributed by atoms with Crippen molar-refractivity contribution in [2.75, 3.05) is 19.4 Å². The molecule has 2 heterocycles. The Labute approximate surface area is 144 Å². The van der Waals surface area contributed by atoms with Crippen molar-refractivity contribution in [1.82, 2.24) is 14.9 Å². The highest BCUT2D eigenvalue weighted by Gasteiger charge is 2.26. The number of benzene rings is 1. The highest BCUT2D eigenvalue weighted by Crippen LogP contribution is 2.24. The number of thioether (sulfide) groups is 1. The van der Waals surface area contributed by atoms with Gasteiger partial charge in [0.25, 0.3) is 5.56 Å². The first-order chi connectivity index (χ1) is 11.7. The molecule has 0 saturated carbocycles. The summed E-state index contributed by atoms with van der Waals surface area (Å²) in [5.74, 6) is 1.22. The smallest absolute Gasteiger partial charge is 0.254 e. The molecule has 126 valence electrons. The molecule has 0 saturated heterocycles. The maximum Gasteiger partial charge on any atom is 0.254 e. The molecule has 1 N–H and O–H groups in total. The highest BCUT2D eigenvalue weighted by molar-refractivity contribution is 7.99. The molecule has 2 aromatic rings. The van der Waals surface area contributed by atoms with Crippen LogP contribution >= 0.6 is 11.8 Å². The molecule has 3 rings (SSSR count). The van der Waals surface area contributed by atoms with E-state index in [9.17, 15) is 9.59 Å². The average Bonchev–Trinajstić information content (AvgIpc) is 2.62. The molecule has 1 amide bonds. The van der Waals surface area contributed by atoms with Gasteiger partial charge in [-0.25, -0.2) is 4.98 Å². The summed E-state index contributed by atoms with van der Waals surface area (Å²) in [6, 6.07) is 9.22. The maximum atomic E-state index is 12.3. The van der Waals surface area contributed by atoms with Gasteiger partial charge >= 0.3 is 0 Å². The van der Waals surface area contributed by atoms with Crippen LogP contribution in [0.2, 0.25) is 0 Å². The van der Waals surface area contributed by atoms with E-state index in [-0.39, 0.29) is 17.4 Å². The number of ether oxygens (including phenoxy) is 1. The lowest BCUT2D eigenvalue weighted by atomic mass is 10.1. The Morgan fingerprint density at radius 3 is 3.17 bits per heavy atom. The summed E-state index contributed by atoms with van der Waals surface area (Å²) in [5, 5.41) is 3.64. The second-order valence-corrected chi connectivity index (χ2v) is 6.56. The summed E-state index contributed by atoms with van der Waals surface area (Å²) in [6.07, 6.45) is 2.25. The normalized spacial score (nSPS) is 16.3. The van der Waals surface area contributed by atoms with E-state index in [1.165, 1.54) is 24.0 Å². The lowest BCUT2D eigenvalue weighted by Crippen LogP contribution is -2.40. The number of methoxy groups -OCH3 is 1. The summed E-state index contributed by atoms with van der Waals surface area (Å²) in [6.45, 7) is 0.946. The zero-order valence-corrected chi connectivity index (χ0v) is 14.2. The first-order valence-corrected chi connectivity index (χ1v) is 8.75. The molecule has 1 aliphatic heterocycles. The number of nitrogens with zero attached hydrogens (tertiary/aromatic N) is 2. The van der Waals surface area contributed by atoms with Crippen LogP contribution in [0.4, 0.5) is 0 Å². The molecule has 0 radical (unpaired) electrons. The zero-order valence-electron chi connectivity index (χ0n) is 13.4. The molecule has 7 heteroatoms.